The molecule has 1 aliphatic heterocycles. The van der Waals surface area contributed by atoms with Crippen molar-refractivity contribution in [1.29, 1.82) is 5.26 Å². The molecule has 6 nitrogen and oxygen atoms in total. The van der Waals surface area contributed by atoms with Crippen LogP contribution in [0.3, 0.4) is 0 Å². The summed E-state index contributed by atoms with van der Waals surface area (Å²) < 4.78 is 0. The van der Waals surface area contributed by atoms with E-state index >= 15 is 0 Å². The molecule has 1 atom stereocenters. The summed E-state index contributed by atoms with van der Waals surface area (Å²) in [5, 5.41) is 23.4. The predicted octanol–water partition coefficient (Wildman–Crippen LogP) is 2.04. The van der Waals surface area contributed by atoms with Crippen LogP contribution in [0.25, 0.3) is 0 Å². The molecule has 0 saturated carbocycles. The SMILES string of the molecule is CCN(c1ccc([N+](=O)[O-])cc1C#N)C1CCCNC1. The number of hydrogen-bond acceptors (Lipinski definition) is 5. The Bertz CT molecular complexity index is 532. The van der Waals surface area contributed by atoms with Crippen LogP contribution < -0.4 is 10.2 Å². The van der Waals surface area contributed by atoms with Crippen LogP contribution in [0.5, 0.6) is 0 Å². The van der Waals surface area contributed by atoms with Crippen LogP contribution in [0, 0.1) is 21.4 Å². The number of benzene rings is 1. The van der Waals surface area contributed by atoms with E-state index in [-0.39, 0.29) is 5.69 Å². The predicted molar refractivity (Wildman–Crippen MR) is 76.7 cm³/mol. The number of anilines is 1. The van der Waals surface area contributed by atoms with Crippen molar-refractivity contribution in [2.24, 2.45) is 0 Å². The molecule has 1 aromatic rings. The van der Waals surface area contributed by atoms with E-state index in [0.717, 1.165) is 38.2 Å². The van der Waals surface area contributed by atoms with Gasteiger partial charge in [0.1, 0.15) is 6.07 Å². The number of rotatable bonds is 4. The van der Waals surface area contributed by atoms with Crippen LogP contribution in [0.15, 0.2) is 18.2 Å². The van der Waals surface area contributed by atoms with Crippen molar-refractivity contribution in [1.82, 2.24) is 5.32 Å². The van der Waals surface area contributed by atoms with E-state index in [2.05, 4.69) is 16.3 Å². The maximum absolute atomic E-state index is 10.8. The third kappa shape index (κ3) is 2.89. The van der Waals surface area contributed by atoms with E-state index in [0.29, 0.717) is 11.6 Å². The number of non-ortho nitro benzene ring substituents is 1. The lowest BCUT2D eigenvalue weighted by Gasteiger charge is -2.36. The first kappa shape index (κ1) is 14.3. The van der Waals surface area contributed by atoms with Crippen LogP contribution in [-0.4, -0.2) is 30.6 Å². The summed E-state index contributed by atoms with van der Waals surface area (Å²) in [5.41, 5.74) is 1.11. The van der Waals surface area contributed by atoms with E-state index in [1.165, 1.54) is 12.1 Å². The molecule has 20 heavy (non-hydrogen) atoms. The van der Waals surface area contributed by atoms with Gasteiger partial charge in [-0.1, -0.05) is 0 Å². The molecular formula is C14H18N4O2. The molecule has 106 valence electrons. The summed E-state index contributed by atoms with van der Waals surface area (Å²) in [6.07, 6.45) is 2.18. The van der Waals surface area contributed by atoms with Crippen LogP contribution >= 0.6 is 0 Å². The third-order valence-corrected chi connectivity index (χ3v) is 3.67. The summed E-state index contributed by atoms with van der Waals surface area (Å²) in [6, 6.07) is 6.93. The van der Waals surface area contributed by atoms with E-state index < -0.39 is 4.92 Å². The Morgan fingerprint density at radius 1 is 1.60 bits per heavy atom. The highest BCUT2D eigenvalue weighted by molar-refractivity contribution is 5.63. The molecule has 1 aromatic carbocycles. The van der Waals surface area contributed by atoms with Gasteiger partial charge in [-0.3, -0.25) is 10.1 Å². The fourth-order valence-electron chi connectivity index (χ4n) is 2.70. The molecular weight excluding hydrogens is 256 g/mol. The van der Waals surface area contributed by atoms with Gasteiger partial charge in [-0.05, 0) is 32.4 Å². The van der Waals surface area contributed by atoms with Crippen LogP contribution in [0.4, 0.5) is 11.4 Å². The van der Waals surface area contributed by atoms with Gasteiger partial charge in [0.2, 0.25) is 0 Å². The number of nitro benzene ring substituents is 1. The topological polar surface area (TPSA) is 82.2 Å². The van der Waals surface area contributed by atoms with Crippen molar-refractivity contribution >= 4 is 11.4 Å². The Labute approximate surface area is 118 Å². The first-order valence-corrected chi connectivity index (χ1v) is 6.83. The van der Waals surface area contributed by atoms with Gasteiger partial charge in [0.15, 0.2) is 0 Å². The van der Waals surface area contributed by atoms with Crippen LogP contribution in [-0.2, 0) is 0 Å². The minimum atomic E-state index is -0.469. The first-order chi connectivity index (χ1) is 9.67. The van der Waals surface area contributed by atoms with E-state index in [1.807, 2.05) is 6.92 Å². The highest BCUT2D eigenvalue weighted by atomic mass is 16.6. The lowest BCUT2D eigenvalue weighted by Crippen LogP contribution is -2.46. The van der Waals surface area contributed by atoms with Crippen LogP contribution in [0.1, 0.15) is 25.3 Å². The molecule has 1 heterocycles. The average Bonchev–Trinajstić information content (AvgIpc) is 2.49. The van der Waals surface area contributed by atoms with Gasteiger partial charge in [-0.15, -0.1) is 0 Å². The van der Waals surface area contributed by atoms with Gasteiger partial charge in [-0.25, -0.2) is 0 Å². The van der Waals surface area contributed by atoms with Gasteiger partial charge in [0.05, 0.1) is 16.2 Å². The van der Waals surface area contributed by atoms with E-state index in [9.17, 15) is 15.4 Å². The van der Waals surface area contributed by atoms with Crippen LogP contribution in [0.2, 0.25) is 0 Å². The molecule has 1 fully saturated rings. The molecule has 1 N–H and O–H groups in total. The highest BCUT2D eigenvalue weighted by Gasteiger charge is 2.23. The Balaban J connectivity index is 2.33. The lowest BCUT2D eigenvalue weighted by atomic mass is 10.0. The van der Waals surface area contributed by atoms with Crippen molar-refractivity contribution < 1.29 is 4.92 Å². The molecule has 0 aromatic heterocycles. The fraction of sp³-hybridized carbons (Fsp3) is 0.500. The van der Waals surface area contributed by atoms with Gasteiger partial charge >= 0.3 is 0 Å². The molecule has 6 heteroatoms. The molecule has 0 radical (unpaired) electrons. The Hall–Kier alpha value is -2.13. The standard InChI is InChI=1S/C14H18N4O2/c1-2-17(13-4-3-7-16-10-13)14-6-5-12(18(19)20)8-11(14)9-15/h5-6,8,13,16H,2-4,7,10H2,1H3. The summed E-state index contributed by atoms with van der Waals surface area (Å²) >= 11 is 0. The Morgan fingerprint density at radius 2 is 2.40 bits per heavy atom. The van der Waals surface area contributed by atoms with Crippen molar-refractivity contribution in [2.75, 3.05) is 24.5 Å². The zero-order valence-electron chi connectivity index (χ0n) is 11.5. The quantitative estimate of drug-likeness (QED) is 0.671. The first-order valence-electron chi connectivity index (χ1n) is 6.83. The number of nitriles is 1. The number of nitrogens with zero attached hydrogens (tertiary/aromatic N) is 3. The smallest absolute Gasteiger partial charge is 0.270 e. The average molecular weight is 274 g/mol. The van der Waals surface area contributed by atoms with Gasteiger partial charge in [-0.2, -0.15) is 5.26 Å². The maximum Gasteiger partial charge on any atom is 0.270 e. The molecule has 0 spiro atoms. The minimum Gasteiger partial charge on any atom is -0.366 e. The molecule has 1 saturated heterocycles. The van der Waals surface area contributed by atoms with Crippen molar-refractivity contribution in [2.45, 2.75) is 25.8 Å². The van der Waals surface area contributed by atoms with Gasteiger partial charge in [0, 0.05) is 31.3 Å². The van der Waals surface area contributed by atoms with Gasteiger partial charge in [0.25, 0.3) is 5.69 Å². The van der Waals surface area contributed by atoms with Crippen molar-refractivity contribution in [3.8, 4) is 6.07 Å². The number of nitro groups is 1. The van der Waals surface area contributed by atoms with E-state index in [4.69, 9.17) is 0 Å². The number of likely N-dealkylation sites (N-methyl/N-ethyl adjacent to an activating group) is 1. The second-order valence-corrected chi connectivity index (χ2v) is 4.86. The summed E-state index contributed by atoms with van der Waals surface area (Å²) in [7, 11) is 0. The molecule has 0 bridgehead atoms. The molecule has 0 aliphatic carbocycles. The molecule has 1 unspecified atom stereocenters. The normalized spacial score (nSPS) is 18.3. The number of piperidine rings is 1. The molecule has 1 aliphatic rings. The molecule has 2 rings (SSSR count). The second-order valence-electron chi connectivity index (χ2n) is 4.86. The monoisotopic (exact) mass is 274 g/mol. The van der Waals surface area contributed by atoms with E-state index in [1.54, 1.807) is 6.07 Å². The second kappa shape index (κ2) is 6.35. The number of nitrogens with one attached hydrogen (secondary N) is 1. The highest BCUT2D eigenvalue weighted by Crippen LogP contribution is 2.27. The molecule has 0 amide bonds. The van der Waals surface area contributed by atoms with Crippen molar-refractivity contribution in [3.63, 3.8) is 0 Å². The summed E-state index contributed by atoms with van der Waals surface area (Å²) in [4.78, 5) is 12.5. The number of hydrogen-bond donors (Lipinski definition) is 1. The summed E-state index contributed by atoms with van der Waals surface area (Å²) in [5.74, 6) is 0. The zero-order chi connectivity index (χ0) is 14.5. The Morgan fingerprint density at radius 3 is 2.95 bits per heavy atom. The summed E-state index contributed by atoms with van der Waals surface area (Å²) in [6.45, 7) is 4.73. The van der Waals surface area contributed by atoms with Crippen molar-refractivity contribution in [3.05, 3.63) is 33.9 Å². The third-order valence-electron chi connectivity index (χ3n) is 3.67. The Kier molecular flexibility index (Phi) is 4.53. The fourth-order valence-corrected chi connectivity index (χ4v) is 2.70. The zero-order valence-corrected chi connectivity index (χ0v) is 11.5. The maximum atomic E-state index is 10.8. The minimum absolute atomic E-state index is 0.0388. The van der Waals surface area contributed by atoms with Gasteiger partial charge < -0.3 is 10.2 Å². The largest absolute Gasteiger partial charge is 0.366 e. The lowest BCUT2D eigenvalue weighted by molar-refractivity contribution is -0.384.